The van der Waals surface area contributed by atoms with Gasteiger partial charge in [-0.25, -0.2) is 9.97 Å². The summed E-state index contributed by atoms with van der Waals surface area (Å²) in [5, 5.41) is 6.38. The van der Waals surface area contributed by atoms with Gasteiger partial charge in [0.1, 0.15) is 16.8 Å². The number of aromatic nitrogens is 2. The van der Waals surface area contributed by atoms with E-state index < -0.39 is 0 Å². The van der Waals surface area contributed by atoms with Gasteiger partial charge < -0.3 is 10.6 Å². The molecule has 1 fully saturated rings. The summed E-state index contributed by atoms with van der Waals surface area (Å²) < 4.78 is 0. The molecule has 0 aromatic carbocycles. The number of aryl methyl sites for hydroxylation is 1. The highest BCUT2D eigenvalue weighted by molar-refractivity contribution is 6.29. The predicted molar refractivity (Wildman–Crippen MR) is 66.0 cm³/mol. The summed E-state index contributed by atoms with van der Waals surface area (Å²) in [4.78, 5) is 19.5. The highest BCUT2D eigenvalue weighted by Gasteiger charge is 2.28. The fraction of sp³-hybridized carbons (Fsp3) is 0.545. The van der Waals surface area contributed by atoms with Gasteiger partial charge in [0.15, 0.2) is 0 Å². The Morgan fingerprint density at radius 1 is 1.47 bits per heavy atom. The van der Waals surface area contributed by atoms with Gasteiger partial charge in [0, 0.05) is 25.1 Å². The molecule has 1 saturated carbocycles. The number of halogens is 1. The topological polar surface area (TPSA) is 66.9 Å². The van der Waals surface area contributed by atoms with Crippen LogP contribution in [0.4, 0.5) is 5.82 Å². The number of rotatable bonds is 5. The molecule has 1 aromatic heterocycles. The van der Waals surface area contributed by atoms with Gasteiger partial charge in [-0.15, -0.1) is 0 Å². The molecule has 1 aliphatic rings. The lowest BCUT2D eigenvalue weighted by Crippen LogP contribution is -2.29. The summed E-state index contributed by atoms with van der Waals surface area (Å²) in [6.45, 7) is 3.01. The number of carbonyl (C=O) groups excluding carboxylic acids is 1. The Bertz CT molecular complexity index is 400. The van der Waals surface area contributed by atoms with E-state index in [2.05, 4.69) is 20.6 Å². The number of nitrogens with zero attached hydrogens (tertiary/aromatic N) is 2. The lowest BCUT2D eigenvalue weighted by Gasteiger charge is -2.07. The van der Waals surface area contributed by atoms with E-state index in [4.69, 9.17) is 11.6 Å². The molecule has 0 unspecified atom stereocenters. The first-order chi connectivity index (χ1) is 8.15. The fourth-order valence-corrected chi connectivity index (χ4v) is 1.71. The number of hydrogen-bond donors (Lipinski definition) is 2. The number of carbonyl (C=O) groups is 1. The van der Waals surface area contributed by atoms with Gasteiger partial charge >= 0.3 is 0 Å². The van der Waals surface area contributed by atoms with Crippen molar-refractivity contribution in [1.29, 1.82) is 0 Å². The van der Waals surface area contributed by atoms with Crippen molar-refractivity contribution < 1.29 is 4.79 Å². The SMILES string of the molecule is Cc1nc(Cl)cc(NCCNC(=O)C2CC2)n1. The lowest BCUT2D eigenvalue weighted by atomic mass is 10.4. The maximum absolute atomic E-state index is 11.3. The average Bonchev–Trinajstić information content (AvgIpc) is 3.06. The predicted octanol–water partition coefficient (Wildman–Crippen LogP) is 1.38. The Balaban J connectivity index is 1.71. The Morgan fingerprint density at radius 3 is 2.88 bits per heavy atom. The Kier molecular flexibility index (Phi) is 3.78. The lowest BCUT2D eigenvalue weighted by molar-refractivity contribution is -0.122. The van der Waals surface area contributed by atoms with E-state index in [-0.39, 0.29) is 11.8 Å². The van der Waals surface area contributed by atoms with Crippen LogP contribution in [0.3, 0.4) is 0 Å². The summed E-state index contributed by atoms with van der Waals surface area (Å²) >= 11 is 5.80. The first kappa shape index (κ1) is 12.1. The van der Waals surface area contributed by atoms with Gasteiger partial charge in [-0.05, 0) is 19.8 Å². The molecule has 1 amide bonds. The Morgan fingerprint density at radius 2 is 2.24 bits per heavy atom. The monoisotopic (exact) mass is 254 g/mol. The minimum atomic E-state index is 0.156. The summed E-state index contributed by atoms with van der Waals surface area (Å²) in [6, 6.07) is 1.66. The Hall–Kier alpha value is -1.36. The van der Waals surface area contributed by atoms with Crippen molar-refractivity contribution in [3.8, 4) is 0 Å². The third kappa shape index (κ3) is 3.85. The summed E-state index contributed by atoms with van der Waals surface area (Å²) in [6.07, 6.45) is 2.06. The van der Waals surface area contributed by atoms with Gasteiger partial charge in [0.25, 0.3) is 0 Å². The molecular weight excluding hydrogens is 240 g/mol. The molecule has 17 heavy (non-hydrogen) atoms. The summed E-state index contributed by atoms with van der Waals surface area (Å²) in [7, 11) is 0. The smallest absolute Gasteiger partial charge is 0.223 e. The van der Waals surface area contributed by atoms with Crippen LogP contribution in [0.15, 0.2) is 6.07 Å². The van der Waals surface area contributed by atoms with E-state index in [1.165, 1.54) is 0 Å². The zero-order valence-electron chi connectivity index (χ0n) is 9.66. The molecule has 5 nitrogen and oxygen atoms in total. The zero-order valence-corrected chi connectivity index (χ0v) is 10.4. The van der Waals surface area contributed by atoms with Crippen LogP contribution in [0, 0.1) is 12.8 Å². The van der Waals surface area contributed by atoms with Crippen molar-refractivity contribution in [1.82, 2.24) is 15.3 Å². The number of nitrogens with one attached hydrogen (secondary N) is 2. The van der Waals surface area contributed by atoms with Crippen molar-refractivity contribution in [3.05, 3.63) is 17.0 Å². The fourth-order valence-electron chi connectivity index (χ4n) is 1.49. The van der Waals surface area contributed by atoms with Crippen molar-refractivity contribution in [2.75, 3.05) is 18.4 Å². The molecule has 0 saturated heterocycles. The van der Waals surface area contributed by atoms with Gasteiger partial charge in [-0.3, -0.25) is 4.79 Å². The number of amides is 1. The third-order valence-corrected chi connectivity index (χ3v) is 2.68. The molecule has 92 valence electrons. The molecule has 0 aliphatic heterocycles. The molecule has 0 spiro atoms. The first-order valence-corrected chi connectivity index (χ1v) is 6.06. The van der Waals surface area contributed by atoms with Crippen molar-refractivity contribution in [3.63, 3.8) is 0 Å². The molecule has 1 aliphatic carbocycles. The third-order valence-electron chi connectivity index (χ3n) is 2.49. The van der Waals surface area contributed by atoms with Crippen LogP contribution in [0.1, 0.15) is 18.7 Å². The van der Waals surface area contributed by atoms with E-state index >= 15 is 0 Å². The van der Waals surface area contributed by atoms with Crippen LogP contribution in [0.2, 0.25) is 5.15 Å². The number of hydrogen-bond acceptors (Lipinski definition) is 4. The molecule has 0 bridgehead atoms. The number of anilines is 1. The van der Waals surface area contributed by atoms with Crippen molar-refractivity contribution in [2.24, 2.45) is 5.92 Å². The van der Waals surface area contributed by atoms with Gasteiger partial charge in [0.05, 0.1) is 0 Å². The molecular formula is C11H15ClN4O. The Labute approximate surface area is 105 Å². The molecule has 6 heteroatoms. The molecule has 1 heterocycles. The molecule has 0 radical (unpaired) electrons. The molecule has 0 atom stereocenters. The second-order valence-electron chi connectivity index (χ2n) is 4.12. The van der Waals surface area contributed by atoms with Gasteiger partial charge in [0.2, 0.25) is 5.91 Å². The highest BCUT2D eigenvalue weighted by Crippen LogP contribution is 2.28. The van der Waals surface area contributed by atoms with Crippen molar-refractivity contribution in [2.45, 2.75) is 19.8 Å². The van der Waals surface area contributed by atoms with E-state index in [1.807, 2.05) is 0 Å². The molecule has 2 N–H and O–H groups in total. The zero-order chi connectivity index (χ0) is 12.3. The second-order valence-corrected chi connectivity index (χ2v) is 4.50. The van der Waals surface area contributed by atoms with Gasteiger partial charge in [-0.1, -0.05) is 11.6 Å². The minimum absolute atomic E-state index is 0.156. The van der Waals surface area contributed by atoms with Crippen LogP contribution in [-0.2, 0) is 4.79 Å². The van der Waals surface area contributed by atoms with Crippen LogP contribution in [-0.4, -0.2) is 29.0 Å². The quantitative estimate of drug-likeness (QED) is 0.615. The highest BCUT2D eigenvalue weighted by atomic mass is 35.5. The van der Waals surface area contributed by atoms with E-state index in [9.17, 15) is 4.79 Å². The largest absolute Gasteiger partial charge is 0.368 e. The van der Waals surface area contributed by atoms with Crippen LogP contribution in [0.25, 0.3) is 0 Å². The molecule has 2 rings (SSSR count). The molecule has 1 aromatic rings. The van der Waals surface area contributed by atoms with Gasteiger partial charge in [-0.2, -0.15) is 0 Å². The van der Waals surface area contributed by atoms with Crippen molar-refractivity contribution >= 4 is 23.3 Å². The first-order valence-electron chi connectivity index (χ1n) is 5.68. The summed E-state index contributed by atoms with van der Waals surface area (Å²) in [5.74, 6) is 1.72. The van der Waals surface area contributed by atoms with Crippen LogP contribution < -0.4 is 10.6 Å². The standard InChI is InChI=1S/C11H15ClN4O/c1-7-15-9(12)6-10(16-7)13-4-5-14-11(17)8-2-3-8/h6,8H,2-5H2,1H3,(H,14,17)(H,13,15,16). The normalized spacial score (nSPS) is 14.5. The van der Waals surface area contributed by atoms with Crippen LogP contribution >= 0.6 is 11.6 Å². The average molecular weight is 255 g/mol. The maximum atomic E-state index is 11.3. The summed E-state index contributed by atoms with van der Waals surface area (Å²) in [5.41, 5.74) is 0. The van der Waals surface area contributed by atoms with E-state index in [1.54, 1.807) is 13.0 Å². The van der Waals surface area contributed by atoms with E-state index in [0.29, 0.717) is 29.9 Å². The van der Waals surface area contributed by atoms with E-state index in [0.717, 1.165) is 12.8 Å². The second kappa shape index (κ2) is 5.31. The van der Waals surface area contributed by atoms with Crippen LogP contribution in [0.5, 0.6) is 0 Å². The maximum Gasteiger partial charge on any atom is 0.223 e. The minimum Gasteiger partial charge on any atom is -0.368 e.